The van der Waals surface area contributed by atoms with E-state index in [-0.39, 0.29) is 11.6 Å². The van der Waals surface area contributed by atoms with Crippen molar-refractivity contribution < 1.29 is 9.18 Å². The first-order valence-corrected chi connectivity index (χ1v) is 4.67. The summed E-state index contributed by atoms with van der Waals surface area (Å²) in [5.41, 5.74) is 2.60. The molecule has 1 aromatic rings. The van der Waals surface area contributed by atoms with Crippen LogP contribution in [0.4, 0.5) is 4.39 Å². The summed E-state index contributed by atoms with van der Waals surface area (Å²) in [6.07, 6.45) is 4.18. The Morgan fingerprint density at radius 2 is 2.00 bits per heavy atom. The van der Waals surface area contributed by atoms with Gasteiger partial charge in [-0.15, -0.1) is 0 Å². The number of ketones is 1. The number of fused-ring (bicyclic) bond motifs is 1. The Bertz CT molecular complexity index is 419. The first kappa shape index (κ1) is 9.13. The van der Waals surface area contributed by atoms with Gasteiger partial charge in [0.25, 0.3) is 0 Å². The van der Waals surface area contributed by atoms with Crippen LogP contribution in [-0.2, 0) is 11.2 Å². The van der Waals surface area contributed by atoms with Crippen LogP contribution in [0.2, 0.25) is 0 Å². The minimum Gasteiger partial charge on any atom is -0.295 e. The van der Waals surface area contributed by atoms with E-state index in [1.54, 1.807) is 12.1 Å². The number of benzene rings is 1. The maximum Gasteiger partial charge on any atom is 0.156 e. The molecular weight excluding hydrogens is 179 g/mol. The van der Waals surface area contributed by atoms with Gasteiger partial charge < -0.3 is 0 Å². The molecular formula is C12H11FO. The normalized spacial score (nSPS) is 15.1. The van der Waals surface area contributed by atoms with E-state index in [1.807, 2.05) is 6.92 Å². The van der Waals surface area contributed by atoms with E-state index in [4.69, 9.17) is 0 Å². The van der Waals surface area contributed by atoms with Gasteiger partial charge in [-0.3, -0.25) is 4.79 Å². The van der Waals surface area contributed by atoms with Gasteiger partial charge in [-0.2, -0.15) is 0 Å². The van der Waals surface area contributed by atoms with Gasteiger partial charge in [-0.05, 0) is 42.7 Å². The lowest BCUT2D eigenvalue weighted by molar-refractivity contribution is -0.114. The van der Waals surface area contributed by atoms with Gasteiger partial charge in [0, 0.05) is 12.0 Å². The Hall–Kier alpha value is -1.44. The largest absolute Gasteiger partial charge is 0.295 e. The summed E-state index contributed by atoms with van der Waals surface area (Å²) < 4.78 is 13.4. The van der Waals surface area contributed by atoms with E-state index in [2.05, 4.69) is 0 Å². The maximum atomic E-state index is 13.4. The molecule has 1 nitrogen and oxygen atoms in total. The highest BCUT2D eigenvalue weighted by Gasteiger charge is 2.13. The highest BCUT2D eigenvalue weighted by Crippen LogP contribution is 2.23. The molecule has 2 rings (SSSR count). The zero-order chi connectivity index (χ0) is 10.1. The molecule has 0 unspecified atom stereocenters. The van der Waals surface area contributed by atoms with Crippen LogP contribution in [0.25, 0.3) is 6.08 Å². The lowest BCUT2D eigenvalue weighted by Crippen LogP contribution is -1.97. The van der Waals surface area contributed by atoms with Gasteiger partial charge in [0.2, 0.25) is 0 Å². The third kappa shape index (κ3) is 1.48. The molecule has 0 saturated carbocycles. The predicted octanol–water partition coefficient (Wildman–Crippen LogP) is 2.66. The van der Waals surface area contributed by atoms with Gasteiger partial charge in [0.15, 0.2) is 5.78 Å². The summed E-state index contributed by atoms with van der Waals surface area (Å²) in [4.78, 5) is 11.2. The number of carbonyl (C=O) groups excluding carboxylic acids is 1. The van der Waals surface area contributed by atoms with Crippen molar-refractivity contribution in [3.63, 3.8) is 0 Å². The van der Waals surface area contributed by atoms with E-state index < -0.39 is 0 Å². The first-order valence-electron chi connectivity index (χ1n) is 4.67. The number of rotatable bonds is 0. The minimum atomic E-state index is -0.239. The summed E-state index contributed by atoms with van der Waals surface area (Å²) >= 11 is 0. The lowest BCUT2D eigenvalue weighted by Gasteiger charge is -2.07. The van der Waals surface area contributed by atoms with Crippen molar-refractivity contribution in [2.24, 2.45) is 0 Å². The standard InChI is InChI=1S/C12H11FO/c1-8-2-7-12(13)11-6-4-9(14)3-5-10(8)11/h2,4,6-7H,3,5H2,1H3. The highest BCUT2D eigenvalue weighted by molar-refractivity contribution is 5.95. The Kier molecular flexibility index (Phi) is 2.20. The Morgan fingerprint density at radius 1 is 1.21 bits per heavy atom. The molecule has 0 aliphatic heterocycles. The minimum absolute atomic E-state index is 0.0694. The number of hydrogen-bond acceptors (Lipinski definition) is 1. The summed E-state index contributed by atoms with van der Waals surface area (Å²) in [5, 5.41) is 0. The molecule has 0 spiro atoms. The number of carbonyl (C=O) groups is 1. The zero-order valence-electron chi connectivity index (χ0n) is 8.01. The van der Waals surface area contributed by atoms with Gasteiger partial charge in [0.05, 0.1) is 0 Å². The van der Waals surface area contributed by atoms with Crippen LogP contribution in [0.15, 0.2) is 18.2 Å². The Balaban J connectivity index is 2.60. The summed E-state index contributed by atoms with van der Waals surface area (Å²) in [6.45, 7) is 1.95. The fraction of sp³-hybridized carbons (Fsp3) is 0.250. The van der Waals surface area contributed by atoms with Crippen molar-refractivity contribution in [2.75, 3.05) is 0 Å². The highest BCUT2D eigenvalue weighted by atomic mass is 19.1. The van der Waals surface area contributed by atoms with Gasteiger partial charge in [-0.25, -0.2) is 4.39 Å². The van der Waals surface area contributed by atoms with E-state index in [0.29, 0.717) is 18.4 Å². The fourth-order valence-corrected chi connectivity index (χ4v) is 1.76. The number of aryl methyl sites for hydroxylation is 1. The van der Waals surface area contributed by atoms with E-state index in [0.717, 1.165) is 11.1 Å². The molecule has 0 radical (unpaired) electrons. The molecule has 0 bridgehead atoms. The molecule has 2 heteroatoms. The molecule has 0 fully saturated rings. The number of hydrogen-bond donors (Lipinski definition) is 0. The summed E-state index contributed by atoms with van der Waals surface area (Å²) in [6, 6.07) is 3.21. The second-order valence-electron chi connectivity index (χ2n) is 3.56. The van der Waals surface area contributed by atoms with Crippen LogP contribution in [0, 0.1) is 12.7 Å². The third-order valence-electron chi connectivity index (χ3n) is 2.60. The monoisotopic (exact) mass is 190 g/mol. The predicted molar refractivity (Wildman–Crippen MR) is 53.5 cm³/mol. The molecule has 0 N–H and O–H groups in total. The molecule has 0 atom stereocenters. The van der Waals surface area contributed by atoms with Crippen molar-refractivity contribution >= 4 is 11.9 Å². The fourth-order valence-electron chi connectivity index (χ4n) is 1.76. The average molecular weight is 190 g/mol. The maximum absolute atomic E-state index is 13.4. The molecule has 0 heterocycles. The van der Waals surface area contributed by atoms with Gasteiger partial charge in [-0.1, -0.05) is 6.07 Å². The van der Waals surface area contributed by atoms with E-state index >= 15 is 0 Å². The van der Waals surface area contributed by atoms with Crippen molar-refractivity contribution in [1.82, 2.24) is 0 Å². The van der Waals surface area contributed by atoms with Crippen LogP contribution >= 0.6 is 0 Å². The number of allylic oxidation sites excluding steroid dienone is 1. The van der Waals surface area contributed by atoms with Crippen LogP contribution in [0.1, 0.15) is 23.1 Å². The Labute approximate surface area is 82.3 Å². The van der Waals surface area contributed by atoms with Crippen LogP contribution in [0.5, 0.6) is 0 Å². The molecule has 1 aliphatic carbocycles. The van der Waals surface area contributed by atoms with Crippen molar-refractivity contribution in [1.29, 1.82) is 0 Å². The molecule has 1 aromatic carbocycles. The molecule has 0 amide bonds. The first-order chi connectivity index (χ1) is 6.68. The average Bonchev–Trinajstić information content (AvgIpc) is 2.35. The summed E-state index contributed by atoms with van der Waals surface area (Å²) in [7, 11) is 0. The smallest absolute Gasteiger partial charge is 0.156 e. The SMILES string of the molecule is Cc1ccc(F)c2c1CCC(=O)C=C2. The second-order valence-corrected chi connectivity index (χ2v) is 3.56. The Morgan fingerprint density at radius 3 is 2.79 bits per heavy atom. The molecule has 0 aromatic heterocycles. The molecule has 1 aliphatic rings. The van der Waals surface area contributed by atoms with Crippen LogP contribution in [-0.4, -0.2) is 5.78 Å². The van der Waals surface area contributed by atoms with Crippen LogP contribution in [0.3, 0.4) is 0 Å². The zero-order valence-corrected chi connectivity index (χ0v) is 8.01. The second kappa shape index (κ2) is 3.37. The van der Waals surface area contributed by atoms with E-state index in [9.17, 15) is 9.18 Å². The molecule has 14 heavy (non-hydrogen) atoms. The van der Waals surface area contributed by atoms with Crippen molar-refractivity contribution in [3.8, 4) is 0 Å². The van der Waals surface area contributed by atoms with Gasteiger partial charge >= 0.3 is 0 Å². The third-order valence-corrected chi connectivity index (χ3v) is 2.60. The van der Waals surface area contributed by atoms with Crippen molar-refractivity contribution in [2.45, 2.75) is 19.8 Å². The molecule has 72 valence electrons. The lowest BCUT2D eigenvalue weighted by atomic mass is 9.98. The quantitative estimate of drug-likeness (QED) is 0.614. The van der Waals surface area contributed by atoms with Gasteiger partial charge in [0.1, 0.15) is 5.82 Å². The number of halogens is 1. The van der Waals surface area contributed by atoms with Crippen LogP contribution < -0.4 is 0 Å². The van der Waals surface area contributed by atoms with Crippen molar-refractivity contribution in [3.05, 3.63) is 40.7 Å². The van der Waals surface area contributed by atoms with E-state index in [1.165, 1.54) is 12.1 Å². The topological polar surface area (TPSA) is 17.1 Å². The molecule has 0 saturated heterocycles. The summed E-state index contributed by atoms with van der Waals surface area (Å²) in [5.74, 6) is -0.170.